The molecule has 1 aliphatic rings. The third kappa shape index (κ3) is 4.77. The highest BCUT2D eigenvalue weighted by atomic mass is 16.5. The second kappa shape index (κ2) is 8.43. The quantitative estimate of drug-likeness (QED) is 0.797. The van der Waals surface area contributed by atoms with Crippen LogP contribution in [0.4, 0.5) is 0 Å². The van der Waals surface area contributed by atoms with Gasteiger partial charge in [0.25, 0.3) is 5.91 Å². The zero-order valence-electron chi connectivity index (χ0n) is 14.5. The van der Waals surface area contributed by atoms with Crippen LogP contribution in [0, 0.1) is 0 Å². The van der Waals surface area contributed by atoms with E-state index in [4.69, 9.17) is 4.74 Å². The third-order valence-electron chi connectivity index (χ3n) is 4.80. The molecule has 1 unspecified atom stereocenters. The Morgan fingerprint density at radius 3 is 2.61 bits per heavy atom. The van der Waals surface area contributed by atoms with E-state index in [0.717, 1.165) is 32.5 Å². The lowest BCUT2D eigenvalue weighted by Crippen LogP contribution is -2.55. The van der Waals surface area contributed by atoms with Gasteiger partial charge in [-0.15, -0.1) is 0 Å². The lowest BCUT2D eigenvalue weighted by atomic mass is 9.91. The van der Waals surface area contributed by atoms with Gasteiger partial charge in [0.2, 0.25) is 0 Å². The van der Waals surface area contributed by atoms with Gasteiger partial charge >= 0.3 is 0 Å². The van der Waals surface area contributed by atoms with E-state index in [1.807, 2.05) is 6.07 Å². The summed E-state index contributed by atoms with van der Waals surface area (Å²) in [6.07, 6.45) is 1.45. The Labute approximate surface area is 139 Å². The molecule has 128 valence electrons. The minimum atomic E-state index is -0.664. The van der Waals surface area contributed by atoms with Crippen LogP contribution < -0.4 is 10.6 Å². The van der Waals surface area contributed by atoms with Gasteiger partial charge in [-0.25, -0.2) is 0 Å². The molecular weight excluding hydrogens is 290 g/mol. The van der Waals surface area contributed by atoms with Crippen LogP contribution in [0.15, 0.2) is 30.3 Å². The first-order valence-corrected chi connectivity index (χ1v) is 8.36. The molecule has 0 spiro atoms. The summed E-state index contributed by atoms with van der Waals surface area (Å²) in [5.74, 6) is 0.0152. The highest BCUT2D eigenvalue weighted by Crippen LogP contribution is 2.22. The van der Waals surface area contributed by atoms with E-state index < -0.39 is 5.60 Å². The van der Waals surface area contributed by atoms with E-state index in [2.05, 4.69) is 53.8 Å². The Kier molecular flexibility index (Phi) is 6.57. The number of hydrogen-bond acceptors (Lipinski definition) is 4. The van der Waals surface area contributed by atoms with Crippen molar-refractivity contribution in [2.45, 2.75) is 38.0 Å². The topological polar surface area (TPSA) is 53.6 Å². The summed E-state index contributed by atoms with van der Waals surface area (Å²) in [5.41, 5.74) is 0.614. The Bertz CT molecular complexity index is 486. The fourth-order valence-electron chi connectivity index (χ4n) is 2.94. The second-order valence-electron chi connectivity index (χ2n) is 6.41. The summed E-state index contributed by atoms with van der Waals surface area (Å²) < 4.78 is 5.56. The summed E-state index contributed by atoms with van der Waals surface area (Å²) in [4.78, 5) is 14.8. The van der Waals surface area contributed by atoms with Gasteiger partial charge in [0.1, 0.15) is 5.60 Å². The largest absolute Gasteiger partial charge is 0.368 e. The molecule has 1 amide bonds. The zero-order chi connectivity index (χ0) is 16.7. The Hall–Kier alpha value is -1.43. The number of hydrogen-bond donors (Lipinski definition) is 2. The van der Waals surface area contributed by atoms with Gasteiger partial charge in [0.15, 0.2) is 0 Å². The van der Waals surface area contributed by atoms with Crippen LogP contribution in [0.25, 0.3) is 0 Å². The molecule has 23 heavy (non-hydrogen) atoms. The minimum absolute atomic E-state index is 0.0152. The van der Waals surface area contributed by atoms with Crippen LogP contribution in [-0.4, -0.2) is 56.2 Å². The van der Waals surface area contributed by atoms with Crippen molar-refractivity contribution in [3.63, 3.8) is 0 Å². The minimum Gasteiger partial charge on any atom is -0.368 e. The van der Waals surface area contributed by atoms with Gasteiger partial charge in [-0.3, -0.25) is 9.69 Å². The smallest absolute Gasteiger partial charge is 0.252 e. The van der Waals surface area contributed by atoms with Crippen LogP contribution in [0.3, 0.4) is 0 Å². The highest BCUT2D eigenvalue weighted by Gasteiger charge is 2.39. The average Bonchev–Trinajstić information content (AvgIpc) is 2.60. The van der Waals surface area contributed by atoms with Gasteiger partial charge in [-0.05, 0) is 45.5 Å². The van der Waals surface area contributed by atoms with Crippen LogP contribution >= 0.6 is 0 Å². The summed E-state index contributed by atoms with van der Waals surface area (Å²) >= 11 is 0. The number of methoxy groups -OCH3 is 1. The van der Waals surface area contributed by atoms with Crippen molar-refractivity contribution in [2.24, 2.45) is 0 Å². The fourth-order valence-corrected chi connectivity index (χ4v) is 2.94. The predicted octanol–water partition coefficient (Wildman–Crippen LogP) is 1.39. The highest BCUT2D eigenvalue weighted by molar-refractivity contribution is 5.85. The molecule has 0 aliphatic carbocycles. The number of carbonyl (C=O) groups is 1. The number of piperidine rings is 1. The van der Waals surface area contributed by atoms with Gasteiger partial charge in [0.05, 0.1) is 0 Å². The summed E-state index contributed by atoms with van der Waals surface area (Å²) in [5, 5.41) is 6.35. The summed E-state index contributed by atoms with van der Waals surface area (Å²) in [6.45, 7) is 5.28. The van der Waals surface area contributed by atoms with Gasteiger partial charge < -0.3 is 15.4 Å². The van der Waals surface area contributed by atoms with Crippen LogP contribution in [0.2, 0.25) is 0 Å². The standard InChI is InChI=1S/C18H29N3O2/c1-15(21(2)14-16-7-5-4-6-8-16)13-20-17(22)18(23-3)9-11-19-12-10-18/h4-8,15,19H,9-14H2,1-3H3,(H,20,22). The van der Waals surface area contributed by atoms with E-state index in [9.17, 15) is 4.79 Å². The molecule has 0 saturated carbocycles. The molecule has 1 saturated heterocycles. The van der Waals surface area contributed by atoms with Crippen LogP contribution in [-0.2, 0) is 16.1 Å². The number of rotatable bonds is 7. The van der Waals surface area contributed by atoms with Crippen LogP contribution in [0.1, 0.15) is 25.3 Å². The van der Waals surface area contributed by atoms with Crippen molar-refractivity contribution in [2.75, 3.05) is 33.8 Å². The number of amides is 1. The second-order valence-corrected chi connectivity index (χ2v) is 6.41. The number of nitrogens with one attached hydrogen (secondary N) is 2. The first-order chi connectivity index (χ1) is 11.1. The SMILES string of the molecule is COC1(C(=O)NCC(C)N(C)Cc2ccccc2)CCNCC1. The monoisotopic (exact) mass is 319 g/mol. The maximum Gasteiger partial charge on any atom is 0.252 e. The summed E-state index contributed by atoms with van der Waals surface area (Å²) in [7, 11) is 3.72. The molecule has 5 heteroatoms. The molecule has 5 nitrogen and oxygen atoms in total. The van der Waals surface area contributed by atoms with Crippen LogP contribution in [0.5, 0.6) is 0 Å². The number of ether oxygens (including phenoxy) is 1. The maximum absolute atomic E-state index is 12.6. The van der Waals surface area contributed by atoms with Gasteiger partial charge in [-0.2, -0.15) is 0 Å². The van der Waals surface area contributed by atoms with Gasteiger partial charge in [-0.1, -0.05) is 30.3 Å². The average molecular weight is 319 g/mol. The normalized spacial score (nSPS) is 18.6. The Morgan fingerprint density at radius 1 is 1.35 bits per heavy atom. The predicted molar refractivity (Wildman–Crippen MR) is 92.2 cm³/mol. The molecule has 0 radical (unpaired) electrons. The van der Waals surface area contributed by atoms with E-state index in [-0.39, 0.29) is 11.9 Å². The molecule has 2 N–H and O–H groups in total. The number of benzene rings is 1. The number of carbonyl (C=O) groups excluding carboxylic acids is 1. The molecule has 1 atom stereocenters. The first-order valence-electron chi connectivity index (χ1n) is 8.36. The van der Waals surface area contributed by atoms with Crippen molar-refractivity contribution in [3.8, 4) is 0 Å². The Balaban J connectivity index is 1.83. The van der Waals surface area contributed by atoms with E-state index in [1.165, 1.54) is 5.56 Å². The van der Waals surface area contributed by atoms with E-state index in [1.54, 1.807) is 7.11 Å². The van der Waals surface area contributed by atoms with Crippen molar-refractivity contribution in [3.05, 3.63) is 35.9 Å². The lowest BCUT2D eigenvalue weighted by molar-refractivity contribution is -0.146. The van der Waals surface area contributed by atoms with Crippen molar-refractivity contribution in [1.29, 1.82) is 0 Å². The van der Waals surface area contributed by atoms with Gasteiger partial charge in [0, 0.05) is 26.2 Å². The fraction of sp³-hybridized carbons (Fsp3) is 0.611. The maximum atomic E-state index is 12.6. The molecule has 1 aliphatic heterocycles. The van der Waals surface area contributed by atoms with Crippen molar-refractivity contribution < 1.29 is 9.53 Å². The summed E-state index contributed by atoms with van der Waals surface area (Å²) in [6, 6.07) is 10.6. The molecule has 1 aromatic carbocycles. The van der Waals surface area contributed by atoms with Crippen molar-refractivity contribution in [1.82, 2.24) is 15.5 Å². The van der Waals surface area contributed by atoms with E-state index >= 15 is 0 Å². The molecule has 2 rings (SSSR count). The molecule has 1 fully saturated rings. The molecule has 1 heterocycles. The molecule has 1 aromatic rings. The molecule has 0 bridgehead atoms. The molecule has 0 aromatic heterocycles. The molecular formula is C18H29N3O2. The Morgan fingerprint density at radius 2 is 2.00 bits per heavy atom. The number of nitrogens with zero attached hydrogens (tertiary/aromatic N) is 1. The lowest BCUT2D eigenvalue weighted by Gasteiger charge is -2.35. The first kappa shape index (κ1) is 17.9. The third-order valence-corrected chi connectivity index (χ3v) is 4.80. The number of likely N-dealkylation sites (N-methyl/N-ethyl adjacent to an activating group) is 1. The van der Waals surface area contributed by atoms with E-state index in [0.29, 0.717) is 6.54 Å². The zero-order valence-corrected chi connectivity index (χ0v) is 14.5. The van der Waals surface area contributed by atoms with Crippen molar-refractivity contribution >= 4 is 5.91 Å².